The first-order valence-electron chi connectivity index (χ1n) is 5.92. The third-order valence-electron chi connectivity index (χ3n) is 2.92. The van der Waals surface area contributed by atoms with E-state index in [2.05, 4.69) is 15.3 Å². The molecule has 0 saturated carbocycles. The van der Waals surface area contributed by atoms with Gasteiger partial charge in [0.2, 0.25) is 5.95 Å². The van der Waals surface area contributed by atoms with Crippen molar-refractivity contribution in [3.63, 3.8) is 0 Å². The minimum atomic E-state index is 0.0729. The van der Waals surface area contributed by atoms with Crippen LogP contribution in [0.3, 0.4) is 0 Å². The maximum absolute atomic E-state index is 5.86. The Morgan fingerprint density at radius 3 is 2.85 bits per heavy atom. The van der Waals surface area contributed by atoms with Gasteiger partial charge >= 0.3 is 0 Å². The molecule has 20 heavy (non-hydrogen) atoms. The van der Waals surface area contributed by atoms with E-state index in [-0.39, 0.29) is 16.8 Å². The SMILES string of the molecule is Nc1nc(Cl)c(N)c(NCc2coc3ccccc23)n1. The first-order chi connectivity index (χ1) is 9.65. The molecule has 7 heteroatoms. The van der Waals surface area contributed by atoms with Crippen LogP contribution in [-0.4, -0.2) is 9.97 Å². The van der Waals surface area contributed by atoms with Crippen LogP contribution in [0.25, 0.3) is 11.0 Å². The molecule has 0 aliphatic carbocycles. The van der Waals surface area contributed by atoms with Crippen molar-refractivity contribution in [2.45, 2.75) is 6.54 Å². The number of nitrogens with zero attached hydrogens (tertiary/aromatic N) is 2. The second-order valence-electron chi connectivity index (χ2n) is 4.25. The van der Waals surface area contributed by atoms with E-state index in [1.54, 1.807) is 6.26 Å². The predicted octanol–water partition coefficient (Wildman–Crippen LogP) is 2.65. The van der Waals surface area contributed by atoms with Gasteiger partial charge in [0, 0.05) is 17.5 Å². The molecular weight excluding hydrogens is 278 g/mol. The topological polar surface area (TPSA) is 103 Å². The maximum atomic E-state index is 5.86. The molecule has 0 aliphatic rings. The van der Waals surface area contributed by atoms with Crippen molar-refractivity contribution in [3.05, 3.63) is 41.2 Å². The Bertz CT molecular complexity index is 771. The van der Waals surface area contributed by atoms with Gasteiger partial charge in [0.1, 0.15) is 11.3 Å². The second-order valence-corrected chi connectivity index (χ2v) is 4.60. The molecule has 0 bridgehead atoms. The highest BCUT2D eigenvalue weighted by Gasteiger charge is 2.10. The highest BCUT2D eigenvalue weighted by atomic mass is 35.5. The summed E-state index contributed by atoms with van der Waals surface area (Å²) in [5, 5.41) is 4.26. The number of hydrogen-bond donors (Lipinski definition) is 3. The number of benzene rings is 1. The van der Waals surface area contributed by atoms with Crippen LogP contribution in [0.1, 0.15) is 5.56 Å². The van der Waals surface area contributed by atoms with E-state index < -0.39 is 0 Å². The Balaban J connectivity index is 1.87. The summed E-state index contributed by atoms with van der Waals surface area (Å²) in [6.07, 6.45) is 1.69. The summed E-state index contributed by atoms with van der Waals surface area (Å²) < 4.78 is 5.46. The van der Waals surface area contributed by atoms with Gasteiger partial charge in [-0.2, -0.15) is 9.97 Å². The lowest BCUT2D eigenvalue weighted by atomic mass is 10.2. The monoisotopic (exact) mass is 289 g/mol. The zero-order valence-corrected chi connectivity index (χ0v) is 11.2. The summed E-state index contributed by atoms with van der Waals surface area (Å²) >= 11 is 5.86. The van der Waals surface area contributed by atoms with Gasteiger partial charge in [-0.15, -0.1) is 0 Å². The van der Waals surface area contributed by atoms with Crippen LogP contribution >= 0.6 is 11.6 Å². The third kappa shape index (κ3) is 2.21. The average molecular weight is 290 g/mol. The lowest BCUT2D eigenvalue weighted by Gasteiger charge is -2.08. The zero-order valence-electron chi connectivity index (χ0n) is 10.4. The van der Waals surface area contributed by atoms with Crippen molar-refractivity contribution < 1.29 is 4.42 Å². The van der Waals surface area contributed by atoms with Crippen LogP contribution in [-0.2, 0) is 6.54 Å². The maximum Gasteiger partial charge on any atom is 0.223 e. The Labute approximate surface area is 119 Å². The number of fused-ring (bicyclic) bond motifs is 1. The molecule has 0 amide bonds. The molecule has 1 aromatic carbocycles. The summed E-state index contributed by atoms with van der Waals surface area (Å²) in [5.74, 6) is 0.483. The quantitative estimate of drug-likeness (QED) is 0.641. The molecule has 6 nitrogen and oxygen atoms in total. The smallest absolute Gasteiger partial charge is 0.223 e. The van der Waals surface area contributed by atoms with E-state index in [1.807, 2.05) is 24.3 Å². The highest BCUT2D eigenvalue weighted by molar-refractivity contribution is 6.32. The Hall–Kier alpha value is -2.47. The van der Waals surface area contributed by atoms with E-state index in [0.717, 1.165) is 16.5 Å². The van der Waals surface area contributed by atoms with Crippen molar-refractivity contribution in [2.24, 2.45) is 0 Å². The minimum Gasteiger partial charge on any atom is -0.464 e. The van der Waals surface area contributed by atoms with E-state index in [0.29, 0.717) is 12.4 Å². The average Bonchev–Trinajstić information content (AvgIpc) is 2.84. The van der Waals surface area contributed by atoms with Gasteiger partial charge in [0.15, 0.2) is 11.0 Å². The standard InChI is InChI=1S/C13H12ClN5O/c14-11-10(15)12(19-13(16)18-11)17-5-7-6-20-9-4-2-1-3-8(7)9/h1-4,6H,5,15H2,(H3,16,17,18,19). The second kappa shape index (κ2) is 4.90. The lowest BCUT2D eigenvalue weighted by Crippen LogP contribution is -2.08. The third-order valence-corrected chi connectivity index (χ3v) is 3.21. The van der Waals surface area contributed by atoms with Crippen LogP contribution in [0.2, 0.25) is 5.15 Å². The normalized spacial score (nSPS) is 10.8. The predicted molar refractivity (Wildman–Crippen MR) is 79.4 cm³/mol. The molecule has 0 spiro atoms. The van der Waals surface area contributed by atoms with Gasteiger partial charge < -0.3 is 21.2 Å². The number of aromatic nitrogens is 2. The van der Waals surface area contributed by atoms with Crippen molar-refractivity contribution in [1.29, 1.82) is 0 Å². The Kier molecular flexibility index (Phi) is 3.08. The van der Waals surface area contributed by atoms with E-state index >= 15 is 0 Å². The summed E-state index contributed by atoms with van der Waals surface area (Å²) in [6.45, 7) is 0.494. The summed E-state index contributed by atoms with van der Waals surface area (Å²) in [6, 6.07) is 7.77. The number of halogens is 1. The molecule has 2 heterocycles. The molecule has 0 atom stereocenters. The van der Waals surface area contributed by atoms with Gasteiger partial charge in [-0.1, -0.05) is 29.8 Å². The molecule has 0 fully saturated rings. The number of hydrogen-bond acceptors (Lipinski definition) is 6. The Morgan fingerprint density at radius 2 is 2.00 bits per heavy atom. The van der Waals surface area contributed by atoms with Crippen LogP contribution in [0.15, 0.2) is 34.9 Å². The zero-order chi connectivity index (χ0) is 14.1. The first-order valence-corrected chi connectivity index (χ1v) is 6.30. The summed E-state index contributed by atoms with van der Waals surface area (Å²) in [7, 11) is 0. The van der Waals surface area contributed by atoms with E-state index in [9.17, 15) is 0 Å². The van der Waals surface area contributed by atoms with Crippen LogP contribution in [0.4, 0.5) is 17.5 Å². The van der Waals surface area contributed by atoms with Crippen LogP contribution in [0.5, 0.6) is 0 Å². The fourth-order valence-electron chi connectivity index (χ4n) is 1.94. The first kappa shape index (κ1) is 12.6. The number of anilines is 3. The van der Waals surface area contributed by atoms with Crippen LogP contribution < -0.4 is 16.8 Å². The number of nitrogens with two attached hydrogens (primary N) is 2. The number of nitrogen functional groups attached to an aromatic ring is 2. The summed E-state index contributed by atoms with van der Waals surface area (Å²) in [5.41, 5.74) is 13.4. The molecular formula is C13H12ClN5O. The van der Waals surface area contributed by atoms with Gasteiger partial charge in [0.05, 0.1) is 6.26 Å². The molecule has 102 valence electrons. The number of para-hydroxylation sites is 1. The molecule has 0 saturated heterocycles. The molecule has 5 N–H and O–H groups in total. The number of rotatable bonds is 3. The van der Waals surface area contributed by atoms with Gasteiger partial charge in [-0.3, -0.25) is 0 Å². The Morgan fingerprint density at radius 1 is 1.20 bits per heavy atom. The van der Waals surface area contributed by atoms with Gasteiger partial charge in [0.25, 0.3) is 0 Å². The van der Waals surface area contributed by atoms with Crippen molar-refractivity contribution in [2.75, 3.05) is 16.8 Å². The van der Waals surface area contributed by atoms with E-state index in [4.69, 9.17) is 27.5 Å². The van der Waals surface area contributed by atoms with Crippen molar-refractivity contribution >= 4 is 40.0 Å². The molecule has 0 unspecified atom stereocenters. The van der Waals surface area contributed by atoms with E-state index in [1.165, 1.54) is 0 Å². The minimum absolute atomic E-state index is 0.0729. The summed E-state index contributed by atoms with van der Waals surface area (Å²) in [4.78, 5) is 7.81. The largest absolute Gasteiger partial charge is 0.464 e. The number of nitrogens with one attached hydrogen (secondary N) is 1. The van der Waals surface area contributed by atoms with Gasteiger partial charge in [-0.05, 0) is 6.07 Å². The van der Waals surface area contributed by atoms with Crippen LogP contribution in [0, 0.1) is 0 Å². The highest BCUT2D eigenvalue weighted by Crippen LogP contribution is 2.26. The lowest BCUT2D eigenvalue weighted by molar-refractivity contribution is 0.611. The molecule has 3 aromatic rings. The number of furan rings is 1. The molecule has 0 aliphatic heterocycles. The molecule has 2 aromatic heterocycles. The fraction of sp³-hybridized carbons (Fsp3) is 0.0769. The fourth-order valence-corrected chi connectivity index (χ4v) is 2.12. The molecule has 3 rings (SSSR count). The van der Waals surface area contributed by atoms with Crippen molar-refractivity contribution in [1.82, 2.24) is 9.97 Å². The van der Waals surface area contributed by atoms with Crippen molar-refractivity contribution in [3.8, 4) is 0 Å². The van der Waals surface area contributed by atoms with Gasteiger partial charge in [-0.25, -0.2) is 0 Å². The molecule has 0 radical (unpaired) electrons.